The average Bonchev–Trinajstić information content (AvgIpc) is 2.15. The number of rotatable bonds is 1. The predicted octanol–water partition coefficient (Wildman–Crippen LogP) is -0.0893. The lowest BCUT2D eigenvalue weighted by molar-refractivity contribution is 0.259. The molecule has 10 heavy (non-hydrogen) atoms. The van der Waals surface area contributed by atoms with E-state index in [1.807, 2.05) is 0 Å². The summed E-state index contributed by atoms with van der Waals surface area (Å²) in [5.74, 6) is 0.590. The quantitative estimate of drug-likeness (QED) is 0.572. The summed E-state index contributed by atoms with van der Waals surface area (Å²) in [6.07, 6.45) is 3.09. The van der Waals surface area contributed by atoms with Gasteiger partial charge in [0.25, 0.3) is 0 Å². The zero-order chi connectivity index (χ0) is 7.56. The monoisotopic (exact) mass is 140 g/mol. The Kier molecular flexibility index (Phi) is 1.57. The number of hydrogen-bond donors (Lipinski definition) is 2. The lowest BCUT2D eigenvalue weighted by Crippen LogP contribution is -2.20. The van der Waals surface area contributed by atoms with Gasteiger partial charge in [-0.2, -0.15) is 0 Å². The van der Waals surface area contributed by atoms with E-state index in [4.69, 9.17) is 5.73 Å². The number of nitrogens with zero attached hydrogens (tertiary/aromatic N) is 2. The number of nitrogens with two attached hydrogens (primary N) is 1. The van der Waals surface area contributed by atoms with E-state index in [0.29, 0.717) is 5.82 Å². The van der Waals surface area contributed by atoms with Crippen LogP contribution in [0.1, 0.15) is 0 Å². The van der Waals surface area contributed by atoms with Crippen LogP contribution < -0.4 is 11.1 Å². The third kappa shape index (κ3) is 1.25. The van der Waals surface area contributed by atoms with Crippen LogP contribution in [-0.2, 0) is 7.05 Å². The van der Waals surface area contributed by atoms with Crippen LogP contribution in [0.15, 0.2) is 12.5 Å². The van der Waals surface area contributed by atoms with Crippen molar-refractivity contribution in [3.63, 3.8) is 0 Å². The molecule has 3 N–H and O–H groups in total. The molecular formula is C5H8N4O. The fourth-order valence-electron chi connectivity index (χ4n) is 0.604. The number of carbonyl (C=O) groups is 1. The van der Waals surface area contributed by atoms with Gasteiger partial charge >= 0.3 is 6.03 Å². The maximum atomic E-state index is 10.3. The number of primary amides is 1. The summed E-state index contributed by atoms with van der Waals surface area (Å²) in [5, 5.41) is 2.39. The zero-order valence-corrected chi connectivity index (χ0v) is 5.53. The normalized spacial score (nSPS) is 9.30. The van der Waals surface area contributed by atoms with Gasteiger partial charge in [0.05, 0.1) is 12.5 Å². The first kappa shape index (κ1) is 6.60. The summed E-state index contributed by atoms with van der Waals surface area (Å²) in [6, 6.07) is -0.580. The third-order valence-electron chi connectivity index (χ3n) is 1.07. The molecule has 0 aliphatic carbocycles. The second-order valence-corrected chi connectivity index (χ2v) is 1.88. The van der Waals surface area contributed by atoms with Gasteiger partial charge in [-0.15, -0.1) is 0 Å². The van der Waals surface area contributed by atoms with Gasteiger partial charge in [-0.05, 0) is 0 Å². The maximum Gasteiger partial charge on any atom is 0.317 e. The Balaban J connectivity index is 2.74. The summed E-state index contributed by atoms with van der Waals surface area (Å²) in [7, 11) is 1.76. The number of anilines is 1. The minimum Gasteiger partial charge on any atom is -0.351 e. The van der Waals surface area contributed by atoms with Gasteiger partial charge in [0, 0.05) is 7.05 Å². The summed E-state index contributed by atoms with van der Waals surface area (Å²) < 4.78 is 1.66. The summed E-state index contributed by atoms with van der Waals surface area (Å²) >= 11 is 0. The van der Waals surface area contributed by atoms with Crippen molar-refractivity contribution in [3.8, 4) is 0 Å². The second kappa shape index (κ2) is 2.38. The van der Waals surface area contributed by atoms with Crippen molar-refractivity contribution < 1.29 is 4.79 Å². The molecule has 0 bridgehead atoms. The van der Waals surface area contributed by atoms with E-state index >= 15 is 0 Å². The molecule has 1 rings (SSSR count). The molecule has 1 aromatic heterocycles. The Morgan fingerprint density at radius 2 is 2.60 bits per heavy atom. The van der Waals surface area contributed by atoms with Crippen LogP contribution in [0.2, 0.25) is 0 Å². The van der Waals surface area contributed by atoms with Crippen molar-refractivity contribution in [1.29, 1.82) is 0 Å². The summed E-state index contributed by atoms with van der Waals surface area (Å²) in [6.45, 7) is 0. The molecule has 5 nitrogen and oxygen atoms in total. The molecule has 0 aliphatic rings. The van der Waals surface area contributed by atoms with Crippen LogP contribution in [0.5, 0.6) is 0 Å². The van der Waals surface area contributed by atoms with Crippen molar-refractivity contribution in [2.24, 2.45) is 12.8 Å². The molecule has 0 aromatic carbocycles. The highest BCUT2D eigenvalue weighted by atomic mass is 16.2. The number of urea groups is 1. The molecule has 0 spiro atoms. The molecule has 0 saturated carbocycles. The van der Waals surface area contributed by atoms with Crippen molar-refractivity contribution >= 4 is 11.8 Å². The topological polar surface area (TPSA) is 72.9 Å². The van der Waals surface area contributed by atoms with E-state index in [0.717, 1.165) is 0 Å². The number of hydrogen-bond acceptors (Lipinski definition) is 2. The molecule has 54 valence electrons. The van der Waals surface area contributed by atoms with E-state index < -0.39 is 6.03 Å². The first-order valence-electron chi connectivity index (χ1n) is 2.73. The Bertz CT molecular complexity index is 242. The zero-order valence-electron chi connectivity index (χ0n) is 5.53. The molecule has 0 unspecified atom stereocenters. The highest BCUT2D eigenvalue weighted by Crippen LogP contribution is 2.01. The van der Waals surface area contributed by atoms with Gasteiger partial charge in [-0.1, -0.05) is 0 Å². The van der Waals surface area contributed by atoms with Crippen LogP contribution in [0, 0.1) is 0 Å². The SMILES string of the molecule is Cn1cncc1NC(N)=O. The molecule has 1 aromatic rings. The smallest absolute Gasteiger partial charge is 0.317 e. The molecule has 0 radical (unpaired) electrons. The van der Waals surface area contributed by atoms with Crippen LogP contribution in [0.25, 0.3) is 0 Å². The standard InChI is InChI=1S/C5H8N4O/c1-9-3-7-2-4(9)8-5(6)10/h2-3H,1H3,(H3,6,8,10). The first-order valence-corrected chi connectivity index (χ1v) is 2.73. The molecule has 5 heteroatoms. The van der Waals surface area contributed by atoms with Crippen molar-refractivity contribution in [1.82, 2.24) is 9.55 Å². The number of aromatic nitrogens is 2. The first-order chi connectivity index (χ1) is 4.70. The molecular weight excluding hydrogens is 132 g/mol. The van der Waals surface area contributed by atoms with Gasteiger partial charge in [-0.3, -0.25) is 5.32 Å². The van der Waals surface area contributed by atoms with E-state index in [1.165, 1.54) is 6.20 Å². The van der Waals surface area contributed by atoms with Gasteiger partial charge in [0.15, 0.2) is 0 Å². The van der Waals surface area contributed by atoms with Crippen LogP contribution in [0.4, 0.5) is 10.6 Å². The number of imidazole rings is 1. The molecule has 0 aliphatic heterocycles. The molecule has 0 fully saturated rings. The number of carbonyl (C=O) groups excluding carboxylic acids is 1. The van der Waals surface area contributed by atoms with Crippen molar-refractivity contribution in [3.05, 3.63) is 12.5 Å². The van der Waals surface area contributed by atoms with E-state index in [1.54, 1.807) is 17.9 Å². The Hall–Kier alpha value is -1.52. The van der Waals surface area contributed by atoms with Crippen LogP contribution in [0.3, 0.4) is 0 Å². The van der Waals surface area contributed by atoms with Gasteiger partial charge in [-0.25, -0.2) is 9.78 Å². The summed E-state index contributed by atoms with van der Waals surface area (Å²) in [4.78, 5) is 14.1. The van der Waals surface area contributed by atoms with Gasteiger partial charge < -0.3 is 10.3 Å². The minimum absolute atomic E-state index is 0.580. The minimum atomic E-state index is -0.580. The lowest BCUT2D eigenvalue weighted by Gasteiger charge is -1.99. The van der Waals surface area contributed by atoms with E-state index in [9.17, 15) is 4.79 Å². The number of amides is 2. The molecule has 0 saturated heterocycles. The fraction of sp³-hybridized carbons (Fsp3) is 0.200. The van der Waals surface area contributed by atoms with E-state index in [-0.39, 0.29) is 0 Å². The van der Waals surface area contributed by atoms with Crippen molar-refractivity contribution in [2.45, 2.75) is 0 Å². The molecule has 0 atom stereocenters. The van der Waals surface area contributed by atoms with Crippen LogP contribution in [-0.4, -0.2) is 15.6 Å². The number of nitrogens with one attached hydrogen (secondary N) is 1. The largest absolute Gasteiger partial charge is 0.351 e. The van der Waals surface area contributed by atoms with Gasteiger partial charge in [0.1, 0.15) is 5.82 Å². The third-order valence-corrected chi connectivity index (χ3v) is 1.07. The van der Waals surface area contributed by atoms with Crippen molar-refractivity contribution in [2.75, 3.05) is 5.32 Å². The number of aryl methyl sites for hydroxylation is 1. The Morgan fingerprint density at radius 3 is 3.00 bits per heavy atom. The molecule has 2 amide bonds. The summed E-state index contributed by atoms with van der Waals surface area (Å²) in [5.41, 5.74) is 4.86. The highest BCUT2D eigenvalue weighted by Gasteiger charge is 1.97. The average molecular weight is 140 g/mol. The van der Waals surface area contributed by atoms with Gasteiger partial charge in [0.2, 0.25) is 0 Å². The lowest BCUT2D eigenvalue weighted by atomic mass is 10.7. The Morgan fingerprint density at radius 1 is 1.90 bits per heavy atom. The Labute approximate surface area is 57.9 Å². The highest BCUT2D eigenvalue weighted by molar-refractivity contribution is 5.86. The predicted molar refractivity (Wildman–Crippen MR) is 36.4 cm³/mol. The molecule has 1 heterocycles. The second-order valence-electron chi connectivity index (χ2n) is 1.88. The fourth-order valence-corrected chi connectivity index (χ4v) is 0.604. The maximum absolute atomic E-state index is 10.3. The van der Waals surface area contributed by atoms with E-state index in [2.05, 4.69) is 10.3 Å². The van der Waals surface area contributed by atoms with Crippen LogP contribution >= 0.6 is 0 Å².